The number of hydrogen-bond acceptors (Lipinski definition) is 3. The van der Waals surface area contributed by atoms with Gasteiger partial charge in [0.15, 0.2) is 0 Å². The van der Waals surface area contributed by atoms with E-state index in [1.165, 1.54) is 31.7 Å². The summed E-state index contributed by atoms with van der Waals surface area (Å²) in [5.41, 5.74) is 0. The molecular weight excluding hydrogens is 232 g/mol. The Hall–Kier alpha value is -1.29. The lowest BCUT2D eigenvalue weighted by Crippen LogP contribution is -2.01. The lowest BCUT2D eigenvalue weighted by atomic mass is 10.2. The van der Waals surface area contributed by atoms with Gasteiger partial charge in [-0.3, -0.25) is 0 Å². The molecule has 1 rings (SSSR count). The highest BCUT2D eigenvalue weighted by atomic mass is 16.5. The fourth-order valence-electron chi connectivity index (χ4n) is 1.73. The molecule has 0 fully saturated rings. The quantitative estimate of drug-likeness (QED) is 0.676. The monoisotopic (exact) mass is 254 g/mol. The zero-order chi connectivity index (χ0) is 13.4. The summed E-state index contributed by atoms with van der Waals surface area (Å²) in [4.78, 5) is 10.7. The Morgan fingerprint density at radius 1 is 1.33 bits per heavy atom. The van der Waals surface area contributed by atoms with Crippen molar-refractivity contribution in [2.24, 2.45) is 0 Å². The van der Waals surface area contributed by atoms with Crippen LogP contribution in [0, 0.1) is 0 Å². The fraction of sp³-hybridized carbons (Fsp3) is 0.643. The number of carboxylic acids is 1. The predicted molar refractivity (Wildman–Crippen MR) is 68.8 cm³/mol. The maximum atomic E-state index is 10.7. The Morgan fingerprint density at radius 3 is 2.67 bits per heavy atom. The van der Waals surface area contributed by atoms with Gasteiger partial charge in [-0.1, -0.05) is 32.6 Å². The molecule has 1 atom stereocenters. The second kappa shape index (κ2) is 7.93. The number of hydrogen-bond donors (Lipinski definition) is 1. The number of ether oxygens (including phenoxy) is 1. The molecule has 1 N–H and O–H groups in total. The lowest BCUT2D eigenvalue weighted by Gasteiger charge is -2.10. The standard InChI is InChI=1S/C14H22O4/c1-3-4-5-6-7-10-17-11(2)12-8-9-13(18-12)14(15)16/h8-9,11H,3-7,10H2,1-2H3,(H,15,16). The first kappa shape index (κ1) is 14.8. The van der Waals surface area contributed by atoms with Crippen molar-refractivity contribution in [3.05, 3.63) is 23.7 Å². The van der Waals surface area contributed by atoms with Gasteiger partial charge < -0.3 is 14.3 Å². The summed E-state index contributed by atoms with van der Waals surface area (Å²) in [6.07, 6.45) is 5.79. The van der Waals surface area contributed by atoms with E-state index in [9.17, 15) is 4.79 Å². The predicted octanol–water partition coefficient (Wildman–Crippen LogP) is 4.03. The third-order valence-electron chi connectivity index (χ3n) is 2.85. The third kappa shape index (κ3) is 4.92. The third-order valence-corrected chi connectivity index (χ3v) is 2.85. The van der Waals surface area contributed by atoms with E-state index < -0.39 is 5.97 Å². The number of furan rings is 1. The van der Waals surface area contributed by atoms with E-state index in [0.29, 0.717) is 12.4 Å². The van der Waals surface area contributed by atoms with Crippen molar-refractivity contribution < 1.29 is 19.1 Å². The van der Waals surface area contributed by atoms with E-state index >= 15 is 0 Å². The summed E-state index contributed by atoms with van der Waals surface area (Å²) in [6.45, 7) is 4.75. The van der Waals surface area contributed by atoms with Crippen LogP contribution in [0.1, 0.15) is 68.4 Å². The van der Waals surface area contributed by atoms with Gasteiger partial charge >= 0.3 is 5.97 Å². The summed E-state index contributed by atoms with van der Waals surface area (Å²) in [6, 6.07) is 3.12. The topological polar surface area (TPSA) is 59.7 Å². The number of aromatic carboxylic acids is 1. The lowest BCUT2D eigenvalue weighted by molar-refractivity contribution is 0.0450. The molecule has 1 aromatic heterocycles. The molecule has 0 aliphatic heterocycles. The molecule has 0 radical (unpaired) electrons. The van der Waals surface area contributed by atoms with E-state index in [1.54, 1.807) is 6.07 Å². The van der Waals surface area contributed by atoms with Gasteiger partial charge in [0.1, 0.15) is 11.9 Å². The Balaban J connectivity index is 2.23. The zero-order valence-corrected chi connectivity index (χ0v) is 11.1. The van der Waals surface area contributed by atoms with E-state index in [2.05, 4.69) is 6.92 Å². The second-order valence-corrected chi connectivity index (χ2v) is 4.43. The highest BCUT2D eigenvalue weighted by Gasteiger charge is 2.14. The molecular formula is C14H22O4. The van der Waals surface area contributed by atoms with Gasteiger partial charge in [-0.25, -0.2) is 4.79 Å². The van der Waals surface area contributed by atoms with Gasteiger partial charge in [-0.2, -0.15) is 0 Å². The number of unbranched alkanes of at least 4 members (excludes halogenated alkanes) is 4. The fourth-order valence-corrected chi connectivity index (χ4v) is 1.73. The second-order valence-electron chi connectivity index (χ2n) is 4.43. The van der Waals surface area contributed by atoms with Gasteiger partial charge in [0, 0.05) is 6.61 Å². The maximum absolute atomic E-state index is 10.7. The van der Waals surface area contributed by atoms with Crippen LogP contribution >= 0.6 is 0 Å². The van der Waals surface area contributed by atoms with E-state index in [0.717, 1.165) is 6.42 Å². The maximum Gasteiger partial charge on any atom is 0.371 e. The molecule has 0 spiro atoms. The van der Waals surface area contributed by atoms with Crippen LogP contribution in [-0.2, 0) is 4.74 Å². The van der Waals surface area contributed by atoms with Crippen LogP contribution in [0.15, 0.2) is 16.5 Å². The highest BCUT2D eigenvalue weighted by molar-refractivity contribution is 5.84. The molecule has 1 unspecified atom stereocenters. The van der Waals surface area contributed by atoms with Gasteiger partial charge in [-0.15, -0.1) is 0 Å². The van der Waals surface area contributed by atoms with Crippen LogP contribution < -0.4 is 0 Å². The summed E-state index contributed by atoms with van der Waals surface area (Å²) in [7, 11) is 0. The van der Waals surface area contributed by atoms with Gasteiger partial charge in [0.25, 0.3) is 0 Å². The first-order valence-corrected chi connectivity index (χ1v) is 6.59. The SMILES string of the molecule is CCCCCCCOC(C)c1ccc(C(=O)O)o1. The first-order valence-electron chi connectivity index (χ1n) is 6.59. The minimum absolute atomic E-state index is 0.0385. The van der Waals surface area contributed by atoms with Crippen LogP contribution in [0.25, 0.3) is 0 Å². The molecule has 4 nitrogen and oxygen atoms in total. The molecule has 1 aromatic rings. The average molecular weight is 254 g/mol. The molecule has 0 amide bonds. The molecule has 0 aromatic carbocycles. The number of carboxylic acid groups (broad SMARTS) is 1. The van der Waals surface area contributed by atoms with Crippen molar-refractivity contribution in [3.63, 3.8) is 0 Å². The van der Waals surface area contributed by atoms with Crippen molar-refractivity contribution in [2.45, 2.75) is 52.1 Å². The van der Waals surface area contributed by atoms with Gasteiger partial charge in [0.2, 0.25) is 5.76 Å². The zero-order valence-electron chi connectivity index (χ0n) is 11.1. The molecule has 0 bridgehead atoms. The van der Waals surface area contributed by atoms with Gasteiger partial charge in [-0.05, 0) is 25.5 Å². The van der Waals surface area contributed by atoms with Crippen LogP contribution in [0.2, 0.25) is 0 Å². The minimum Gasteiger partial charge on any atom is -0.475 e. The molecule has 0 saturated heterocycles. The van der Waals surface area contributed by atoms with Crippen LogP contribution in [0.4, 0.5) is 0 Å². The van der Waals surface area contributed by atoms with Crippen molar-refractivity contribution in [1.29, 1.82) is 0 Å². The highest BCUT2D eigenvalue weighted by Crippen LogP contribution is 2.20. The molecule has 0 saturated carbocycles. The summed E-state index contributed by atoms with van der Waals surface area (Å²) in [5, 5.41) is 8.74. The van der Waals surface area contributed by atoms with E-state index in [4.69, 9.17) is 14.3 Å². The number of carbonyl (C=O) groups is 1. The Kier molecular flexibility index (Phi) is 6.50. The molecule has 18 heavy (non-hydrogen) atoms. The van der Waals surface area contributed by atoms with E-state index in [-0.39, 0.29) is 11.9 Å². The van der Waals surface area contributed by atoms with Crippen LogP contribution in [0.3, 0.4) is 0 Å². The smallest absolute Gasteiger partial charge is 0.371 e. The largest absolute Gasteiger partial charge is 0.475 e. The number of rotatable bonds is 9. The molecule has 102 valence electrons. The van der Waals surface area contributed by atoms with Gasteiger partial charge in [0.05, 0.1) is 0 Å². The molecule has 0 aliphatic rings. The summed E-state index contributed by atoms with van der Waals surface area (Å²) < 4.78 is 10.8. The molecule has 4 heteroatoms. The van der Waals surface area contributed by atoms with E-state index in [1.807, 2.05) is 6.92 Å². The average Bonchev–Trinajstić information content (AvgIpc) is 2.83. The summed E-state index contributed by atoms with van der Waals surface area (Å²) in [5.74, 6) is -0.516. The first-order chi connectivity index (χ1) is 8.65. The molecule has 0 aliphatic carbocycles. The summed E-state index contributed by atoms with van der Waals surface area (Å²) >= 11 is 0. The van der Waals surface area contributed by atoms with Crippen molar-refractivity contribution in [3.8, 4) is 0 Å². The van der Waals surface area contributed by atoms with Crippen molar-refractivity contribution in [1.82, 2.24) is 0 Å². The Labute approximate surface area is 108 Å². The molecule has 1 heterocycles. The van der Waals surface area contributed by atoms with Crippen molar-refractivity contribution >= 4 is 5.97 Å². The normalized spacial score (nSPS) is 12.6. The minimum atomic E-state index is -1.05. The van der Waals surface area contributed by atoms with Crippen molar-refractivity contribution in [2.75, 3.05) is 6.61 Å². The Bertz CT molecular complexity index is 356. The van der Waals surface area contributed by atoms with Crippen LogP contribution in [0.5, 0.6) is 0 Å². The van der Waals surface area contributed by atoms with Crippen LogP contribution in [-0.4, -0.2) is 17.7 Å². The Morgan fingerprint density at radius 2 is 2.06 bits per heavy atom.